The number of aromatic nitrogens is 4. The molecule has 12 aromatic carbocycles. The van der Waals surface area contributed by atoms with Gasteiger partial charge >= 0.3 is 0 Å². The zero-order valence-corrected chi connectivity index (χ0v) is 36.7. The van der Waals surface area contributed by atoms with Gasteiger partial charge in [-0.05, 0) is 119 Å². The Morgan fingerprint density at radius 1 is 0.235 bits per heavy atom. The molecule has 0 spiro atoms. The lowest BCUT2D eigenvalue weighted by molar-refractivity contribution is 1.01. The summed E-state index contributed by atoms with van der Waals surface area (Å²) < 4.78 is 4.64. The first-order chi connectivity index (χ1) is 33.8. The number of benzene rings is 10. The van der Waals surface area contributed by atoms with Crippen LogP contribution in [-0.2, 0) is 0 Å². The van der Waals surface area contributed by atoms with Crippen LogP contribution in [0.2, 0.25) is 0 Å². The number of para-hydroxylation sites is 3. The lowest BCUT2D eigenvalue weighted by Gasteiger charge is -2.14. The molecular weight excluding hydrogens is 825 g/mol. The molecule has 0 unspecified atom stereocenters. The summed E-state index contributed by atoms with van der Waals surface area (Å²) in [5, 5.41) is 22.4. The first-order valence-electron chi connectivity index (χ1n) is 23.3. The van der Waals surface area contributed by atoms with Crippen LogP contribution in [-0.4, -0.2) is 19.1 Å². The van der Waals surface area contributed by atoms with E-state index < -0.39 is 0 Å². The molecule has 0 fully saturated rings. The standard InChI is InChI=1S/C64H38N4/c1-2-18-41-40(17-1)42-19-3-5-21-44(42)53-36-55-46-23-7-8-24-47(46)58-38-65-64(66-63(58)52-29-10-9-25-48(52)56(55)37-54(53)45-22-6-4-20-43(41)45)68-61-32-16-13-28-51(61)57-35-39(33-34-62(57)68)67-59-30-14-11-26-49(59)50-27-12-15-31-60(50)67/h1-38H. The average molecular weight is 863 g/mol. The Kier molecular flexibility index (Phi) is 7.75. The summed E-state index contributed by atoms with van der Waals surface area (Å²) >= 11 is 0. The maximum Gasteiger partial charge on any atom is 0.235 e. The van der Waals surface area contributed by atoms with Crippen molar-refractivity contribution in [2.75, 3.05) is 0 Å². The predicted octanol–water partition coefficient (Wildman–Crippen LogP) is 17.0. The van der Waals surface area contributed by atoms with Gasteiger partial charge in [-0.1, -0.05) is 176 Å². The minimum Gasteiger partial charge on any atom is -0.309 e. The Morgan fingerprint density at radius 3 is 1.01 bits per heavy atom. The molecular formula is C64H38N4. The largest absolute Gasteiger partial charge is 0.309 e. The van der Waals surface area contributed by atoms with Crippen LogP contribution in [0.15, 0.2) is 231 Å². The summed E-state index contributed by atoms with van der Waals surface area (Å²) in [5.41, 5.74) is 6.51. The van der Waals surface area contributed by atoms with Gasteiger partial charge in [0.15, 0.2) is 0 Å². The molecule has 3 heterocycles. The molecule has 0 N–H and O–H groups in total. The Hall–Kier alpha value is -9.12. The molecule has 15 rings (SSSR count). The van der Waals surface area contributed by atoms with Gasteiger partial charge in [-0.3, -0.25) is 4.57 Å². The molecule has 0 aliphatic heterocycles. The molecule has 4 heteroatoms. The van der Waals surface area contributed by atoms with Crippen molar-refractivity contribution < 1.29 is 0 Å². The van der Waals surface area contributed by atoms with Crippen molar-refractivity contribution in [3.05, 3.63) is 231 Å². The number of hydrogen-bond acceptors (Lipinski definition) is 2. The van der Waals surface area contributed by atoms with Gasteiger partial charge in [0.25, 0.3) is 0 Å². The van der Waals surface area contributed by atoms with Crippen molar-refractivity contribution in [3.8, 4) is 11.6 Å². The van der Waals surface area contributed by atoms with E-state index in [1.165, 1.54) is 75.7 Å². The fraction of sp³-hybridized carbons (Fsp3) is 0. The van der Waals surface area contributed by atoms with Crippen molar-refractivity contribution in [2.24, 2.45) is 0 Å². The van der Waals surface area contributed by atoms with E-state index in [1.54, 1.807) is 0 Å². The third-order valence-corrected chi connectivity index (χ3v) is 14.5. The van der Waals surface area contributed by atoms with Crippen LogP contribution in [0.5, 0.6) is 0 Å². The molecule has 15 aromatic rings. The molecule has 0 bridgehead atoms. The van der Waals surface area contributed by atoms with E-state index in [-0.39, 0.29) is 0 Å². The van der Waals surface area contributed by atoms with Crippen LogP contribution in [0.1, 0.15) is 0 Å². The average Bonchev–Trinajstić information content (AvgIpc) is 3.92. The molecule has 0 radical (unpaired) electrons. The van der Waals surface area contributed by atoms with E-state index >= 15 is 0 Å². The van der Waals surface area contributed by atoms with Gasteiger partial charge in [0, 0.05) is 44.2 Å². The molecule has 0 aliphatic carbocycles. The molecule has 0 saturated heterocycles. The Balaban J connectivity index is 1.06. The van der Waals surface area contributed by atoms with E-state index in [4.69, 9.17) is 9.97 Å². The lowest BCUT2D eigenvalue weighted by atomic mass is 9.90. The predicted molar refractivity (Wildman–Crippen MR) is 288 cm³/mol. The smallest absolute Gasteiger partial charge is 0.235 e. The van der Waals surface area contributed by atoms with Crippen molar-refractivity contribution in [3.63, 3.8) is 0 Å². The van der Waals surface area contributed by atoms with Gasteiger partial charge in [-0.15, -0.1) is 0 Å². The van der Waals surface area contributed by atoms with Crippen molar-refractivity contribution in [1.29, 1.82) is 0 Å². The second kappa shape index (κ2) is 14.2. The molecule has 0 saturated carbocycles. The highest BCUT2D eigenvalue weighted by Crippen LogP contribution is 2.42. The second-order valence-electron chi connectivity index (χ2n) is 18.0. The van der Waals surface area contributed by atoms with E-state index in [0.29, 0.717) is 5.95 Å². The Bertz CT molecular complexity index is 4690. The number of nitrogens with zero attached hydrogens (tertiary/aromatic N) is 4. The third-order valence-electron chi connectivity index (χ3n) is 14.5. The highest BCUT2D eigenvalue weighted by atomic mass is 15.2. The van der Waals surface area contributed by atoms with E-state index in [0.717, 1.165) is 59.9 Å². The fourth-order valence-corrected chi connectivity index (χ4v) is 11.6. The zero-order valence-electron chi connectivity index (χ0n) is 36.7. The molecule has 3 aromatic heterocycles. The maximum absolute atomic E-state index is 5.68. The van der Waals surface area contributed by atoms with Gasteiger partial charge < -0.3 is 4.57 Å². The van der Waals surface area contributed by atoms with Crippen molar-refractivity contribution >= 4 is 130 Å². The first kappa shape index (κ1) is 37.1. The zero-order chi connectivity index (χ0) is 44.5. The van der Waals surface area contributed by atoms with Crippen LogP contribution in [0, 0.1) is 0 Å². The quantitative estimate of drug-likeness (QED) is 0.174. The van der Waals surface area contributed by atoms with Crippen LogP contribution in [0.4, 0.5) is 0 Å². The highest BCUT2D eigenvalue weighted by molar-refractivity contribution is 6.32. The summed E-state index contributed by atoms with van der Waals surface area (Å²) in [5.74, 6) is 0.634. The molecule has 68 heavy (non-hydrogen) atoms. The molecule has 0 amide bonds. The van der Waals surface area contributed by atoms with Crippen molar-refractivity contribution in [1.82, 2.24) is 19.1 Å². The number of rotatable bonds is 2. The summed E-state index contributed by atoms with van der Waals surface area (Å²) in [4.78, 5) is 11.0. The van der Waals surface area contributed by atoms with Crippen molar-refractivity contribution in [2.45, 2.75) is 0 Å². The van der Waals surface area contributed by atoms with Gasteiger partial charge in [0.05, 0.1) is 27.6 Å². The lowest BCUT2D eigenvalue weighted by Crippen LogP contribution is -2.01. The monoisotopic (exact) mass is 862 g/mol. The van der Waals surface area contributed by atoms with E-state index in [1.807, 2.05) is 0 Å². The Labute approximate surface area is 389 Å². The fourth-order valence-electron chi connectivity index (χ4n) is 11.6. The normalized spacial score (nSPS) is 12.1. The Morgan fingerprint density at radius 2 is 0.559 bits per heavy atom. The number of fused-ring (bicyclic) bond motifs is 22. The van der Waals surface area contributed by atoms with E-state index in [2.05, 4.69) is 240 Å². The van der Waals surface area contributed by atoms with E-state index in [9.17, 15) is 0 Å². The van der Waals surface area contributed by atoms with Gasteiger partial charge in [0.1, 0.15) is 0 Å². The second-order valence-corrected chi connectivity index (χ2v) is 18.0. The topological polar surface area (TPSA) is 35.6 Å². The molecule has 314 valence electrons. The molecule has 4 nitrogen and oxygen atoms in total. The maximum atomic E-state index is 5.68. The first-order valence-corrected chi connectivity index (χ1v) is 23.3. The van der Waals surface area contributed by atoms with Gasteiger partial charge in [-0.25, -0.2) is 9.97 Å². The molecule has 0 atom stereocenters. The third kappa shape index (κ3) is 5.20. The number of hydrogen-bond donors (Lipinski definition) is 0. The van der Waals surface area contributed by atoms with Gasteiger partial charge in [0.2, 0.25) is 5.95 Å². The highest BCUT2D eigenvalue weighted by Gasteiger charge is 2.20. The van der Waals surface area contributed by atoms with Crippen LogP contribution < -0.4 is 0 Å². The van der Waals surface area contributed by atoms with Crippen LogP contribution in [0.25, 0.3) is 142 Å². The SMILES string of the molecule is c1ccc2c(c1)c1ccccc1c1cc3c(cc1c1ccccc21)c1ccccc1c1nc(-n2c4ccccc4c4cc(-n5c6ccccc6c6ccccc65)ccc42)ncc1c1ccccc31. The van der Waals surface area contributed by atoms with Crippen LogP contribution >= 0.6 is 0 Å². The molecule has 0 aliphatic rings. The summed E-state index contributed by atoms with van der Waals surface area (Å²) in [6, 6.07) is 82.1. The minimum atomic E-state index is 0.634. The van der Waals surface area contributed by atoms with Gasteiger partial charge in [-0.2, -0.15) is 0 Å². The summed E-state index contributed by atoms with van der Waals surface area (Å²) in [6.45, 7) is 0. The minimum absolute atomic E-state index is 0.634. The van der Waals surface area contributed by atoms with Crippen LogP contribution in [0.3, 0.4) is 0 Å². The summed E-state index contributed by atoms with van der Waals surface area (Å²) in [7, 11) is 0. The summed E-state index contributed by atoms with van der Waals surface area (Å²) in [6.07, 6.45) is 2.06.